The molecule has 0 amide bonds. The average molecular weight is 338 g/mol. The summed E-state index contributed by atoms with van der Waals surface area (Å²) in [6.07, 6.45) is 3.39. The lowest BCUT2D eigenvalue weighted by Gasteiger charge is -2.30. The Hall–Kier alpha value is -2.04. The SMILES string of the molecule is COc1ccc(C2c3cccn3CCCN2Cc2ccsc2)cc1. The third kappa shape index (κ3) is 2.99. The van der Waals surface area contributed by atoms with Gasteiger partial charge in [0.15, 0.2) is 0 Å². The van der Waals surface area contributed by atoms with Crippen LogP contribution in [-0.4, -0.2) is 23.1 Å². The molecule has 0 saturated carbocycles. The van der Waals surface area contributed by atoms with Crippen LogP contribution < -0.4 is 4.74 Å². The van der Waals surface area contributed by atoms with Crippen LogP contribution in [0.15, 0.2) is 59.4 Å². The normalized spacial score (nSPS) is 18.1. The molecule has 0 fully saturated rings. The van der Waals surface area contributed by atoms with E-state index in [4.69, 9.17) is 4.74 Å². The van der Waals surface area contributed by atoms with Crippen molar-refractivity contribution in [2.75, 3.05) is 13.7 Å². The number of fused-ring (bicyclic) bond motifs is 1. The van der Waals surface area contributed by atoms with Crippen molar-refractivity contribution in [3.8, 4) is 5.75 Å². The molecule has 2 aromatic heterocycles. The third-order valence-electron chi connectivity index (χ3n) is 4.75. The highest BCUT2D eigenvalue weighted by molar-refractivity contribution is 7.07. The van der Waals surface area contributed by atoms with Gasteiger partial charge in [-0.15, -0.1) is 0 Å². The van der Waals surface area contributed by atoms with E-state index in [1.54, 1.807) is 18.4 Å². The standard InChI is InChI=1S/C20H22N2OS/c1-23-18-7-5-17(6-8-18)20-19-4-2-10-21(19)11-3-12-22(20)14-16-9-13-24-15-16/h2,4-10,13,15,20H,3,11-12,14H2,1H3. The van der Waals surface area contributed by atoms with Crippen LogP contribution in [0, 0.1) is 0 Å². The summed E-state index contributed by atoms with van der Waals surface area (Å²) in [6, 6.07) is 15.5. The lowest BCUT2D eigenvalue weighted by molar-refractivity contribution is 0.220. The molecule has 0 N–H and O–H groups in total. The van der Waals surface area contributed by atoms with Crippen molar-refractivity contribution in [1.82, 2.24) is 9.47 Å². The van der Waals surface area contributed by atoms with Gasteiger partial charge in [-0.25, -0.2) is 0 Å². The van der Waals surface area contributed by atoms with Gasteiger partial charge in [0.25, 0.3) is 0 Å². The molecule has 24 heavy (non-hydrogen) atoms. The van der Waals surface area contributed by atoms with E-state index >= 15 is 0 Å². The highest BCUT2D eigenvalue weighted by Crippen LogP contribution is 2.34. The summed E-state index contributed by atoms with van der Waals surface area (Å²) < 4.78 is 7.74. The molecular weight excluding hydrogens is 316 g/mol. The molecule has 0 saturated heterocycles. The molecular formula is C20H22N2OS. The molecule has 4 heteroatoms. The first-order valence-corrected chi connectivity index (χ1v) is 9.33. The zero-order chi connectivity index (χ0) is 16.4. The maximum atomic E-state index is 5.33. The molecule has 1 unspecified atom stereocenters. The minimum Gasteiger partial charge on any atom is -0.497 e. The Morgan fingerprint density at radius 1 is 1.12 bits per heavy atom. The number of nitrogens with zero attached hydrogens (tertiary/aromatic N) is 2. The minimum atomic E-state index is 0.285. The number of hydrogen-bond acceptors (Lipinski definition) is 3. The van der Waals surface area contributed by atoms with E-state index in [0.717, 1.165) is 25.4 Å². The predicted molar refractivity (Wildman–Crippen MR) is 98.6 cm³/mol. The highest BCUT2D eigenvalue weighted by atomic mass is 32.1. The molecule has 1 aliphatic rings. The molecule has 3 nitrogen and oxygen atoms in total. The van der Waals surface area contributed by atoms with Crippen LogP contribution >= 0.6 is 11.3 Å². The Morgan fingerprint density at radius 2 is 2.00 bits per heavy atom. The van der Waals surface area contributed by atoms with Gasteiger partial charge >= 0.3 is 0 Å². The van der Waals surface area contributed by atoms with E-state index in [-0.39, 0.29) is 6.04 Å². The quantitative estimate of drug-likeness (QED) is 0.694. The average Bonchev–Trinajstić information content (AvgIpc) is 3.25. The fraction of sp³-hybridized carbons (Fsp3) is 0.300. The first-order valence-electron chi connectivity index (χ1n) is 8.39. The van der Waals surface area contributed by atoms with Gasteiger partial charge in [0.2, 0.25) is 0 Å². The van der Waals surface area contributed by atoms with E-state index in [9.17, 15) is 0 Å². The topological polar surface area (TPSA) is 17.4 Å². The van der Waals surface area contributed by atoms with Crippen molar-refractivity contribution in [3.05, 3.63) is 76.2 Å². The number of benzene rings is 1. The van der Waals surface area contributed by atoms with Gasteiger partial charge in [-0.2, -0.15) is 11.3 Å². The smallest absolute Gasteiger partial charge is 0.118 e. The molecule has 0 aliphatic carbocycles. The van der Waals surface area contributed by atoms with Crippen molar-refractivity contribution in [2.24, 2.45) is 0 Å². The Bertz CT molecular complexity index is 776. The molecule has 0 radical (unpaired) electrons. The Morgan fingerprint density at radius 3 is 2.75 bits per heavy atom. The fourth-order valence-electron chi connectivity index (χ4n) is 3.59. The fourth-order valence-corrected chi connectivity index (χ4v) is 4.25. The summed E-state index contributed by atoms with van der Waals surface area (Å²) in [4.78, 5) is 2.60. The summed E-state index contributed by atoms with van der Waals surface area (Å²) in [5.74, 6) is 0.909. The summed E-state index contributed by atoms with van der Waals surface area (Å²) in [6.45, 7) is 3.19. The summed E-state index contributed by atoms with van der Waals surface area (Å²) in [5.41, 5.74) is 4.11. The van der Waals surface area contributed by atoms with E-state index in [1.165, 1.54) is 23.2 Å². The molecule has 0 spiro atoms. The van der Waals surface area contributed by atoms with Crippen molar-refractivity contribution in [2.45, 2.75) is 25.6 Å². The van der Waals surface area contributed by atoms with Crippen molar-refractivity contribution < 1.29 is 4.74 Å². The molecule has 1 atom stereocenters. The predicted octanol–water partition coefficient (Wildman–Crippen LogP) is 4.55. The molecule has 124 valence electrons. The van der Waals surface area contributed by atoms with Crippen LogP contribution in [0.4, 0.5) is 0 Å². The largest absolute Gasteiger partial charge is 0.497 e. The first-order chi connectivity index (χ1) is 11.8. The lowest BCUT2D eigenvalue weighted by Crippen LogP contribution is -2.29. The Labute approximate surface area is 147 Å². The first kappa shape index (κ1) is 15.5. The third-order valence-corrected chi connectivity index (χ3v) is 5.48. The molecule has 3 heterocycles. The number of thiophene rings is 1. The van der Waals surface area contributed by atoms with Gasteiger partial charge in [-0.3, -0.25) is 4.90 Å². The molecule has 4 rings (SSSR count). The maximum absolute atomic E-state index is 5.33. The molecule has 3 aromatic rings. The van der Waals surface area contributed by atoms with E-state index in [1.807, 2.05) is 0 Å². The highest BCUT2D eigenvalue weighted by Gasteiger charge is 2.27. The molecule has 1 aliphatic heterocycles. The number of ether oxygens (including phenoxy) is 1. The summed E-state index contributed by atoms with van der Waals surface area (Å²) in [7, 11) is 1.72. The van der Waals surface area contributed by atoms with Crippen LogP contribution in [0.3, 0.4) is 0 Å². The minimum absolute atomic E-state index is 0.285. The van der Waals surface area contributed by atoms with E-state index < -0.39 is 0 Å². The number of rotatable bonds is 4. The molecule has 0 bridgehead atoms. The Balaban J connectivity index is 1.73. The number of aromatic nitrogens is 1. The lowest BCUT2D eigenvalue weighted by atomic mass is 10.0. The zero-order valence-corrected chi connectivity index (χ0v) is 14.7. The van der Waals surface area contributed by atoms with Gasteiger partial charge in [-0.05, 0) is 58.6 Å². The van der Waals surface area contributed by atoms with Crippen LogP contribution in [-0.2, 0) is 13.1 Å². The van der Waals surface area contributed by atoms with Gasteiger partial charge < -0.3 is 9.30 Å². The van der Waals surface area contributed by atoms with Gasteiger partial charge in [-0.1, -0.05) is 12.1 Å². The number of aryl methyl sites for hydroxylation is 1. The molecule has 1 aromatic carbocycles. The van der Waals surface area contributed by atoms with Crippen LogP contribution in [0.25, 0.3) is 0 Å². The number of hydrogen-bond donors (Lipinski definition) is 0. The van der Waals surface area contributed by atoms with Gasteiger partial charge in [0.1, 0.15) is 5.75 Å². The second-order valence-corrected chi connectivity index (χ2v) is 7.04. The van der Waals surface area contributed by atoms with Crippen molar-refractivity contribution in [1.29, 1.82) is 0 Å². The van der Waals surface area contributed by atoms with Crippen LogP contribution in [0.2, 0.25) is 0 Å². The van der Waals surface area contributed by atoms with E-state index in [0.29, 0.717) is 0 Å². The summed E-state index contributed by atoms with van der Waals surface area (Å²) in [5, 5.41) is 4.42. The number of methoxy groups -OCH3 is 1. The van der Waals surface area contributed by atoms with Crippen LogP contribution in [0.5, 0.6) is 5.75 Å². The van der Waals surface area contributed by atoms with Crippen molar-refractivity contribution in [3.63, 3.8) is 0 Å². The van der Waals surface area contributed by atoms with Gasteiger partial charge in [0, 0.05) is 31.5 Å². The van der Waals surface area contributed by atoms with Gasteiger partial charge in [0.05, 0.1) is 13.2 Å². The Kier molecular flexibility index (Phi) is 4.41. The monoisotopic (exact) mass is 338 g/mol. The second-order valence-electron chi connectivity index (χ2n) is 6.26. The van der Waals surface area contributed by atoms with Crippen molar-refractivity contribution >= 4 is 11.3 Å². The zero-order valence-electron chi connectivity index (χ0n) is 13.9. The summed E-state index contributed by atoms with van der Waals surface area (Å²) >= 11 is 1.77. The van der Waals surface area contributed by atoms with E-state index in [2.05, 4.69) is 68.9 Å². The maximum Gasteiger partial charge on any atom is 0.118 e. The second kappa shape index (κ2) is 6.83. The van der Waals surface area contributed by atoms with Crippen LogP contribution in [0.1, 0.15) is 29.3 Å².